The number of carbonyl (C=O) groups excluding carboxylic acids is 2. The molecule has 1 atom stereocenters. The lowest BCUT2D eigenvalue weighted by Crippen LogP contribution is -2.55. The number of carboxylic acids is 1. The molecular weight excluding hydrogens is 534 g/mol. The van der Waals surface area contributed by atoms with Gasteiger partial charge in [-0.05, 0) is 61.9 Å². The number of nitriles is 1. The number of amidine groups is 1. The molecule has 216 valence electrons. The van der Waals surface area contributed by atoms with Gasteiger partial charge in [0.15, 0.2) is 5.69 Å². The van der Waals surface area contributed by atoms with Crippen LogP contribution in [0.4, 0.5) is 16.2 Å². The highest BCUT2D eigenvalue weighted by molar-refractivity contribution is 6.06. The van der Waals surface area contributed by atoms with Gasteiger partial charge in [0.25, 0.3) is 0 Å². The number of aliphatic imine (C=N–C) groups is 1. The van der Waals surface area contributed by atoms with E-state index in [0.29, 0.717) is 16.9 Å². The molecule has 1 aliphatic carbocycles. The number of quaternary nitrogens is 1. The van der Waals surface area contributed by atoms with Gasteiger partial charge in [-0.3, -0.25) is 0 Å². The van der Waals surface area contributed by atoms with Gasteiger partial charge in [-0.15, -0.1) is 0 Å². The van der Waals surface area contributed by atoms with Crippen molar-refractivity contribution in [2.75, 3.05) is 19.8 Å². The zero-order chi connectivity index (χ0) is 29.5. The number of carboxylic acid groups (broad SMARTS) is 1. The summed E-state index contributed by atoms with van der Waals surface area (Å²) in [5, 5.41) is 22.3. The number of fused-ring (bicyclic) bond motifs is 1. The summed E-state index contributed by atoms with van der Waals surface area (Å²) in [6, 6.07) is 22.6. The summed E-state index contributed by atoms with van der Waals surface area (Å²) in [6.07, 6.45) is 3.90. The molecular formula is C33H33N3O6. The van der Waals surface area contributed by atoms with E-state index in [-0.39, 0.29) is 48.5 Å². The monoisotopic (exact) mass is 567 g/mol. The molecule has 1 fully saturated rings. The number of para-hydroxylation sites is 1. The first kappa shape index (κ1) is 28.8. The Labute approximate surface area is 245 Å². The fraction of sp³-hybridized carbons (Fsp3) is 0.333. The van der Waals surface area contributed by atoms with Crippen LogP contribution in [0.2, 0.25) is 0 Å². The second kappa shape index (κ2) is 12.9. The van der Waals surface area contributed by atoms with E-state index < -0.39 is 12.1 Å². The van der Waals surface area contributed by atoms with Crippen molar-refractivity contribution in [3.63, 3.8) is 0 Å². The Balaban J connectivity index is 1.50. The molecule has 1 saturated carbocycles. The van der Waals surface area contributed by atoms with E-state index in [4.69, 9.17) is 14.2 Å². The maximum Gasteiger partial charge on any atom is 0.508 e. The van der Waals surface area contributed by atoms with Gasteiger partial charge in [0.05, 0.1) is 29.8 Å². The van der Waals surface area contributed by atoms with Gasteiger partial charge in [0.1, 0.15) is 31.5 Å². The Morgan fingerprint density at radius 2 is 1.83 bits per heavy atom. The molecule has 3 aromatic rings. The fourth-order valence-corrected chi connectivity index (χ4v) is 5.85. The number of carbonyl (C=O) groups is 2. The molecule has 0 amide bonds. The van der Waals surface area contributed by atoms with Crippen LogP contribution in [-0.2, 0) is 20.8 Å². The Kier molecular flexibility index (Phi) is 8.84. The minimum atomic E-state index is -1.35. The Morgan fingerprint density at radius 1 is 1.05 bits per heavy atom. The van der Waals surface area contributed by atoms with Crippen molar-refractivity contribution < 1.29 is 28.9 Å². The van der Waals surface area contributed by atoms with E-state index >= 15 is 0 Å². The third-order valence-electron chi connectivity index (χ3n) is 7.77. The van der Waals surface area contributed by atoms with Crippen molar-refractivity contribution in [2.24, 2.45) is 4.99 Å². The Morgan fingerprint density at radius 3 is 2.55 bits per heavy atom. The molecule has 1 aliphatic heterocycles. The largest absolute Gasteiger partial charge is 0.545 e. The molecule has 0 aromatic heterocycles. The van der Waals surface area contributed by atoms with Crippen molar-refractivity contribution in [3.05, 3.63) is 83.4 Å². The van der Waals surface area contributed by atoms with Gasteiger partial charge in [-0.2, -0.15) is 10.3 Å². The Hall–Kier alpha value is -4.68. The lowest BCUT2D eigenvalue weighted by molar-refractivity contribution is -0.255. The summed E-state index contributed by atoms with van der Waals surface area (Å²) >= 11 is 0. The molecule has 2 aliphatic rings. The van der Waals surface area contributed by atoms with Crippen LogP contribution in [0.1, 0.15) is 60.5 Å². The van der Waals surface area contributed by atoms with Crippen molar-refractivity contribution >= 4 is 29.5 Å². The van der Waals surface area contributed by atoms with Gasteiger partial charge in [0, 0.05) is 5.56 Å². The maximum absolute atomic E-state index is 12.6. The molecule has 0 N–H and O–H groups in total. The molecule has 0 spiro atoms. The minimum absolute atomic E-state index is 0.0304. The highest BCUT2D eigenvalue weighted by atomic mass is 16.7. The SMILES string of the molecule is CCOC1=Nc2cccc(C(=O)[O-])c2[N+]1(CCOC(=O)OC1CCCCC1)Cc1ccc(-c2ccccc2)c(C#N)c1. The van der Waals surface area contributed by atoms with Gasteiger partial charge < -0.3 is 24.1 Å². The highest BCUT2D eigenvalue weighted by Crippen LogP contribution is 2.45. The van der Waals surface area contributed by atoms with E-state index in [1.807, 2.05) is 49.4 Å². The summed E-state index contributed by atoms with van der Waals surface area (Å²) in [5.41, 5.74) is 3.73. The average molecular weight is 568 g/mol. The summed E-state index contributed by atoms with van der Waals surface area (Å²) in [6.45, 7) is 2.35. The number of benzene rings is 3. The van der Waals surface area contributed by atoms with E-state index in [0.717, 1.165) is 48.8 Å². The van der Waals surface area contributed by atoms with Crippen LogP contribution in [0.5, 0.6) is 0 Å². The van der Waals surface area contributed by atoms with Gasteiger partial charge in [-0.25, -0.2) is 9.28 Å². The lowest BCUT2D eigenvalue weighted by atomic mass is 9.97. The van der Waals surface area contributed by atoms with Crippen molar-refractivity contribution in [2.45, 2.75) is 51.7 Å². The van der Waals surface area contributed by atoms with Gasteiger partial charge >= 0.3 is 12.2 Å². The molecule has 1 heterocycles. The van der Waals surface area contributed by atoms with Crippen LogP contribution in [0, 0.1) is 11.3 Å². The standard InChI is InChI=1S/C33H33N3O6/c1-2-40-32-35-29-15-9-14-28(31(37)38)30(29)36(32,18-19-41-33(39)42-26-12-7-4-8-13-26)22-23-16-17-27(25(20-23)21-34)24-10-5-3-6-11-24/h3,5-6,9-11,14-17,20,26H,2,4,7-8,12-13,18-19,22H2,1H3. The third kappa shape index (κ3) is 5.99. The summed E-state index contributed by atoms with van der Waals surface area (Å²) in [4.78, 5) is 29.6. The zero-order valence-corrected chi connectivity index (χ0v) is 23.6. The predicted molar refractivity (Wildman–Crippen MR) is 156 cm³/mol. The molecule has 42 heavy (non-hydrogen) atoms. The average Bonchev–Trinajstić information content (AvgIpc) is 3.30. The summed E-state index contributed by atoms with van der Waals surface area (Å²) < 4.78 is 16.9. The molecule has 3 aromatic carbocycles. The number of hydrogen-bond acceptors (Lipinski definition) is 8. The van der Waals surface area contributed by atoms with Crippen molar-refractivity contribution in [1.29, 1.82) is 5.26 Å². The molecule has 9 nitrogen and oxygen atoms in total. The molecule has 9 heteroatoms. The number of rotatable bonds is 9. The molecule has 5 rings (SSSR count). The van der Waals surface area contributed by atoms with Crippen molar-refractivity contribution in [1.82, 2.24) is 4.48 Å². The first-order valence-corrected chi connectivity index (χ1v) is 14.3. The first-order chi connectivity index (χ1) is 20.4. The number of hydrogen-bond donors (Lipinski definition) is 0. The third-order valence-corrected chi connectivity index (χ3v) is 7.77. The van der Waals surface area contributed by atoms with E-state index in [9.17, 15) is 20.0 Å². The van der Waals surface area contributed by atoms with E-state index in [2.05, 4.69) is 11.1 Å². The highest BCUT2D eigenvalue weighted by Gasteiger charge is 2.48. The number of ether oxygens (including phenoxy) is 3. The minimum Gasteiger partial charge on any atom is -0.545 e. The van der Waals surface area contributed by atoms with Crippen LogP contribution in [0.25, 0.3) is 11.1 Å². The van der Waals surface area contributed by atoms with Crippen LogP contribution < -0.4 is 9.59 Å². The second-order valence-corrected chi connectivity index (χ2v) is 10.5. The maximum atomic E-state index is 12.6. The second-order valence-electron chi connectivity index (χ2n) is 10.5. The zero-order valence-electron chi connectivity index (χ0n) is 23.6. The molecule has 0 radical (unpaired) electrons. The predicted octanol–water partition coefficient (Wildman–Crippen LogP) is 5.62. The van der Waals surface area contributed by atoms with Gasteiger partial charge in [-0.1, -0.05) is 55.0 Å². The summed E-state index contributed by atoms with van der Waals surface area (Å²) in [7, 11) is 0. The van der Waals surface area contributed by atoms with Crippen LogP contribution in [0.15, 0.2) is 71.7 Å². The molecule has 0 bridgehead atoms. The normalized spacial score (nSPS) is 18.0. The first-order valence-electron chi connectivity index (χ1n) is 14.3. The van der Waals surface area contributed by atoms with Crippen molar-refractivity contribution in [3.8, 4) is 17.2 Å². The summed E-state index contributed by atoms with van der Waals surface area (Å²) in [5.74, 6) is -1.35. The van der Waals surface area contributed by atoms with E-state index in [1.165, 1.54) is 6.07 Å². The molecule has 1 unspecified atom stereocenters. The Bertz CT molecular complexity index is 1520. The van der Waals surface area contributed by atoms with Gasteiger partial charge in [0.2, 0.25) is 0 Å². The number of nitrogens with zero attached hydrogens (tertiary/aromatic N) is 3. The topological polar surface area (TPSA) is 121 Å². The quantitative estimate of drug-likeness (QED) is 0.243. The van der Waals surface area contributed by atoms with Crippen LogP contribution in [-0.4, -0.2) is 44.0 Å². The fourth-order valence-electron chi connectivity index (χ4n) is 5.85. The number of aromatic carboxylic acids is 1. The van der Waals surface area contributed by atoms with Crippen LogP contribution >= 0.6 is 0 Å². The lowest BCUT2D eigenvalue weighted by Gasteiger charge is -2.35. The smallest absolute Gasteiger partial charge is 0.508 e. The molecule has 0 saturated heterocycles. The van der Waals surface area contributed by atoms with E-state index in [1.54, 1.807) is 18.2 Å². The van der Waals surface area contributed by atoms with Crippen LogP contribution in [0.3, 0.4) is 0 Å².